The Kier molecular flexibility index (Phi) is 8.11. The molecule has 0 spiro atoms. The lowest BCUT2D eigenvalue weighted by Crippen LogP contribution is -2.19. The molecule has 4 heterocycles. The summed E-state index contributed by atoms with van der Waals surface area (Å²) in [5, 5.41) is 14.8. The first-order chi connectivity index (χ1) is 23.8. The number of benzene rings is 4. The number of hydrogen-bond acceptors (Lipinski definition) is 8. The maximum Gasteiger partial charge on any atom is 0.206 e. The molecular weight excluding hydrogens is 679 g/mol. The Labute approximate surface area is 293 Å². The molecule has 8 rings (SSSR count). The summed E-state index contributed by atoms with van der Waals surface area (Å²) in [6.07, 6.45) is 4.39. The maximum absolute atomic E-state index is 14.3. The zero-order valence-electron chi connectivity index (χ0n) is 25.9. The second-order valence-corrected chi connectivity index (χ2v) is 14.6. The standard InChI is InChI=1S/C38H28Cl2N4O4S/c39-27-15-11-25(12-16-27)33-23-35(37-9-3-19-47-37)43(41-33)29-5-1-7-31(21-29)49(45,46)32-8-2-6-30(22-32)44-36(38-10-4-20-48-38)24-34(42-44)26-13-17-28(40)18-14-26/h1-22,35-36H,23-24H2. The molecule has 244 valence electrons. The number of rotatable bonds is 8. The molecule has 0 radical (unpaired) electrons. The number of anilines is 2. The smallest absolute Gasteiger partial charge is 0.206 e. The third-order valence-electron chi connectivity index (χ3n) is 8.70. The van der Waals surface area contributed by atoms with Gasteiger partial charge in [-0.3, -0.25) is 10.0 Å². The molecule has 11 heteroatoms. The van der Waals surface area contributed by atoms with Gasteiger partial charge in [-0.1, -0.05) is 59.6 Å². The van der Waals surface area contributed by atoms with E-state index >= 15 is 0 Å². The summed E-state index contributed by atoms with van der Waals surface area (Å²) in [7, 11) is -3.95. The van der Waals surface area contributed by atoms with Crippen molar-refractivity contribution >= 4 is 55.8 Å². The number of hydrogen-bond donors (Lipinski definition) is 0. The van der Waals surface area contributed by atoms with Crippen molar-refractivity contribution in [2.45, 2.75) is 34.7 Å². The summed E-state index contributed by atoms with van der Waals surface area (Å²) < 4.78 is 40.1. The van der Waals surface area contributed by atoms with Gasteiger partial charge in [0, 0.05) is 22.9 Å². The van der Waals surface area contributed by atoms with E-state index in [4.69, 9.17) is 42.2 Å². The molecule has 8 nitrogen and oxygen atoms in total. The molecule has 2 aliphatic heterocycles. The molecule has 0 saturated carbocycles. The largest absolute Gasteiger partial charge is 0.467 e. The van der Waals surface area contributed by atoms with Crippen LogP contribution in [0.25, 0.3) is 0 Å². The molecule has 0 amide bonds. The van der Waals surface area contributed by atoms with Gasteiger partial charge in [-0.05, 0) is 96.1 Å². The first-order valence-electron chi connectivity index (χ1n) is 15.6. The highest BCUT2D eigenvalue weighted by atomic mass is 35.5. The summed E-state index contributed by atoms with van der Waals surface area (Å²) in [6, 6.07) is 35.7. The first kappa shape index (κ1) is 31.2. The van der Waals surface area contributed by atoms with Crippen LogP contribution in [0.2, 0.25) is 10.0 Å². The van der Waals surface area contributed by atoms with Crippen LogP contribution >= 0.6 is 23.2 Å². The zero-order chi connectivity index (χ0) is 33.5. The number of furan rings is 2. The number of sulfone groups is 1. The molecular formula is C38H28Cl2N4O4S. The molecule has 0 aliphatic carbocycles. The summed E-state index contributed by atoms with van der Waals surface area (Å²) in [4.78, 5) is 0.287. The number of halogens is 2. The van der Waals surface area contributed by atoms with Crippen LogP contribution in [0.15, 0.2) is 163 Å². The van der Waals surface area contributed by atoms with Crippen LogP contribution in [0.3, 0.4) is 0 Å². The predicted molar refractivity (Wildman–Crippen MR) is 191 cm³/mol. The Morgan fingerprint density at radius 1 is 0.571 bits per heavy atom. The van der Waals surface area contributed by atoms with E-state index in [1.165, 1.54) is 0 Å². The fraction of sp³-hybridized carbons (Fsp3) is 0.105. The Bertz CT molecular complexity index is 2130. The van der Waals surface area contributed by atoms with Crippen LogP contribution in [0.4, 0.5) is 11.4 Å². The van der Waals surface area contributed by atoms with Gasteiger partial charge < -0.3 is 8.83 Å². The zero-order valence-corrected chi connectivity index (χ0v) is 28.2. The Morgan fingerprint density at radius 3 is 1.39 bits per heavy atom. The van der Waals surface area contributed by atoms with E-state index in [1.54, 1.807) is 48.9 Å². The van der Waals surface area contributed by atoms with Crippen molar-refractivity contribution in [3.63, 3.8) is 0 Å². The Morgan fingerprint density at radius 2 is 1.00 bits per heavy atom. The van der Waals surface area contributed by atoms with E-state index in [1.807, 2.05) is 94.9 Å². The minimum atomic E-state index is -3.95. The molecule has 2 aromatic heterocycles. The molecule has 0 N–H and O–H groups in total. The molecule has 49 heavy (non-hydrogen) atoms. The maximum atomic E-state index is 14.3. The van der Waals surface area contributed by atoms with Gasteiger partial charge in [0.2, 0.25) is 9.84 Å². The molecule has 0 saturated heterocycles. The van der Waals surface area contributed by atoms with Gasteiger partial charge in [0.15, 0.2) is 0 Å². The van der Waals surface area contributed by atoms with Crippen molar-refractivity contribution in [2.75, 3.05) is 10.0 Å². The quantitative estimate of drug-likeness (QED) is 0.157. The second-order valence-electron chi connectivity index (χ2n) is 11.8. The number of hydrazone groups is 2. The van der Waals surface area contributed by atoms with Crippen LogP contribution in [0.1, 0.15) is 47.6 Å². The number of nitrogens with zero attached hydrogens (tertiary/aromatic N) is 4. The highest BCUT2D eigenvalue weighted by Gasteiger charge is 2.34. The SMILES string of the molecule is O=S(=O)(c1cccc(N2N=C(c3ccc(Cl)cc3)CC2c2ccco2)c1)c1cccc(N2N=C(c3ccc(Cl)cc3)CC2c2ccco2)c1. The molecule has 6 aromatic rings. The van der Waals surface area contributed by atoms with Crippen LogP contribution < -0.4 is 10.0 Å². The van der Waals surface area contributed by atoms with Crippen LogP contribution in [-0.2, 0) is 9.84 Å². The average molecular weight is 708 g/mol. The lowest BCUT2D eigenvalue weighted by molar-refractivity contribution is 0.465. The van der Waals surface area contributed by atoms with Gasteiger partial charge in [0.25, 0.3) is 0 Å². The minimum Gasteiger partial charge on any atom is -0.467 e. The van der Waals surface area contributed by atoms with Crippen molar-refractivity contribution < 1.29 is 17.3 Å². The minimum absolute atomic E-state index is 0.143. The lowest BCUT2D eigenvalue weighted by atomic mass is 10.0. The van der Waals surface area contributed by atoms with Gasteiger partial charge in [-0.2, -0.15) is 10.2 Å². The Hall–Kier alpha value is -5.09. The summed E-state index contributed by atoms with van der Waals surface area (Å²) in [5.41, 5.74) is 4.79. The molecule has 2 unspecified atom stereocenters. The van der Waals surface area contributed by atoms with E-state index in [-0.39, 0.29) is 21.9 Å². The van der Waals surface area contributed by atoms with E-state index < -0.39 is 9.84 Å². The summed E-state index contributed by atoms with van der Waals surface area (Å²) in [6.45, 7) is 0. The van der Waals surface area contributed by atoms with Crippen LogP contribution in [0, 0.1) is 0 Å². The van der Waals surface area contributed by atoms with E-state index in [9.17, 15) is 8.42 Å². The van der Waals surface area contributed by atoms with E-state index in [0.717, 1.165) is 34.1 Å². The third kappa shape index (κ3) is 6.05. The first-order valence-corrected chi connectivity index (χ1v) is 17.8. The highest BCUT2D eigenvalue weighted by molar-refractivity contribution is 7.91. The van der Waals surface area contributed by atoms with Gasteiger partial charge in [-0.25, -0.2) is 8.42 Å². The van der Waals surface area contributed by atoms with Gasteiger partial charge in [0.05, 0.1) is 45.1 Å². The average Bonchev–Trinajstić information content (AvgIpc) is 3.96. The summed E-state index contributed by atoms with van der Waals surface area (Å²) in [5.74, 6) is 1.45. The van der Waals surface area contributed by atoms with Crippen LogP contribution in [0.5, 0.6) is 0 Å². The van der Waals surface area contributed by atoms with Gasteiger partial charge in [0.1, 0.15) is 23.6 Å². The van der Waals surface area contributed by atoms with E-state index in [0.29, 0.717) is 34.3 Å². The fourth-order valence-electron chi connectivity index (χ4n) is 6.26. The molecule has 4 aromatic carbocycles. The van der Waals surface area contributed by atoms with Crippen LogP contribution in [-0.4, -0.2) is 19.8 Å². The molecule has 0 fully saturated rings. The van der Waals surface area contributed by atoms with Crippen molar-refractivity contribution in [1.82, 2.24) is 0 Å². The van der Waals surface area contributed by atoms with Crippen molar-refractivity contribution in [2.24, 2.45) is 10.2 Å². The fourth-order valence-corrected chi connectivity index (χ4v) is 7.85. The van der Waals surface area contributed by atoms with Crippen molar-refractivity contribution in [3.05, 3.63) is 167 Å². The van der Waals surface area contributed by atoms with Crippen molar-refractivity contribution in [1.29, 1.82) is 0 Å². The molecule has 2 aliphatic rings. The Balaban J connectivity index is 1.14. The predicted octanol–water partition coefficient (Wildman–Crippen LogP) is 9.72. The van der Waals surface area contributed by atoms with Crippen molar-refractivity contribution in [3.8, 4) is 0 Å². The topological polar surface area (TPSA) is 91.6 Å². The second kappa shape index (κ2) is 12.7. The summed E-state index contributed by atoms with van der Waals surface area (Å²) >= 11 is 12.3. The molecule has 2 atom stereocenters. The monoisotopic (exact) mass is 706 g/mol. The van der Waals surface area contributed by atoms with E-state index in [2.05, 4.69) is 0 Å². The molecule has 0 bridgehead atoms. The van der Waals surface area contributed by atoms with Gasteiger partial charge in [-0.15, -0.1) is 0 Å². The lowest BCUT2D eigenvalue weighted by Gasteiger charge is -2.23. The third-order valence-corrected chi connectivity index (χ3v) is 11.0. The normalized spacial score (nSPS) is 17.8. The van der Waals surface area contributed by atoms with Gasteiger partial charge >= 0.3 is 0 Å². The highest BCUT2D eigenvalue weighted by Crippen LogP contribution is 2.40.